The van der Waals surface area contributed by atoms with Gasteiger partial charge in [0.05, 0.1) is 22.9 Å². The van der Waals surface area contributed by atoms with Crippen molar-refractivity contribution in [1.29, 1.82) is 0 Å². The fraction of sp³-hybridized carbons (Fsp3) is 0.276. The van der Waals surface area contributed by atoms with Gasteiger partial charge in [-0.2, -0.15) is 5.10 Å². The minimum absolute atomic E-state index is 0.686. The fourth-order valence-corrected chi connectivity index (χ4v) is 4.34. The number of aromatic nitrogens is 5. The van der Waals surface area contributed by atoms with Crippen molar-refractivity contribution in [3.63, 3.8) is 0 Å². The summed E-state index contributed by atoms with van der Waals surface area (Å²) in [6, 6.07) is 2.10. The minimum Gasteiger partial charge on any atom is -0.358 e. The zero-order valence-electron chi connectivity index (χ0n) is 21.2. The Kier molecular flexibility index (Phi) is 8.13. The standard InChI is InChI=1S/C29H35N7/c1-6-7-8-27-22(5)33-29(34-27)28-21(4)26(35-36-28)10-9-19(2)24-16-25(18-31-17-24)32-20(3)15-23-11-13-30-14-12-23/h6-10,16-18,23,30,32,35H,1,3-4,11-15H2,2,5H3,(H,33,34)/b8-7-,19-9+,26-10+. The number of anilines is 1. The Balaban J connectivity index is 1.48. The van der Waals surface area contributed by atoms with Gasteiger partial charge in [0, 0.05) is 22.8 Å². The van der Waals surface area contributed by atoms with Crippen LogP contribution in [0.4, 0.5) is 5.69 Å². The van der Waals surface area contributed by atoms with Gasteiger partial charge in [0.1, 0.15) is 5.69 Å². The summed E-state index contributed by atoms with van der Waals surface area (Å²) in [7, 11) is 0. The summed E-state index contributed by atoms with van der Waals surface area (Å²) in [5.41, 5.74) is 6.63. The van der Waals surface area contributed by atoms with Crippen LogP contribution in [0.2, 0.25) is 0 Å². The Morgan fingerprint density at radius 3 is 2.83 bits per heavy atom. The molecule has 1 saturated heterocycles. The second-order valence-corrected chi connectivity index (χ2v) is 9.26. The van der Waals surface area contributed by atoms with E-state index in [2.05, 4.69) is 68.5 Å². The third-order valence-electron chi connectivity index (χ3n) is 6.44. The van der Waals surface area contributed by atoms with Crippen LogP contribution in [0.15, 0.2) is 55.5 Å². The molecule has 7 nitrogen and oxygen atoms in total. The maximum absolute atomic E-state index is 4.64. The lowest BCUT2D eigenvalue weighted by molar-refractivity contribution is 0.373. The maximum atomic E-state index is 4.64. The molecule has 186 valence electrons. The zero-order chi connectivity index (χ0) is 25.5. The molecule has 0 aromatic carbocycles. The molecule has 0 unspecified atom stereocenters. The predicted molar refractivity (Wildman–Crippen MR) is 150 cm³/mol. The van der Waals surface area contributed by atoms with Gasteiger partial charge < -0.3 is 15.6 Å². The Morgan fingerprint density at radius 2 is 2.06 bits per heavy atom. The predicted octanol–water partition coefficient (Wildman–Crippen LogP) is 4.31. The van der Waals surface area contributed by atoms with Crippen LogP contribution in [0.1, 0.15) is 43.1 Å². The molecule has 4 heterocycles. The van der Waals surface area contributed by atoms with Crippen LogP contribution in [0.5, 0.6) is 0 Å². The number of rotatable bonds is 9. The van der Waals surface area contributed by atoms with Crippen molar-refractivity contribution in [2.75, 3.05) is 18.4 Å². The first kappa shape index (κ1) is 25.1. The molecule has 1 aliphatic heterocycles. The molecule has 0 radical (unpaired) electrons. The van der Waals surface area contributed by atoms with Gasteiger partial charge in [0.25, 0.3) is 0 Å². The number of H-pyrrole nitrogens is 2. The smallest absolute Gasteiger partial charge is 0.159 e. The van der Waals surface area contributed by atoms with Gasteiger partial charge in [-0.3, -0.25) is 10.1 Å². The van der Waals surface area contributed by atoms with Gasteiger partial charge in [-0.15, -0.1) is 0 Å². The molecule has 3 aromatic rings. The average molecular weight is 482 g/mol. The van der Waals surface area contributed by atoms with Crippen LogP contribution in [0.3, 0.4) is 0 Å². The van der Waals surface area contributed by atoms with E-state index in [0.29, 0.717) is 17.4 Å². The largest absolute Gasteiger partial charge is 0.358 e. The molecular weight excluding hydrogens is 446 g/mol. The van der Waals surface area contributed by atoms with E-state index in [0.717, 1.165) is 64.0 Å². The molecule has 0 spiro atoms. The molecule has 1 aliphatic rings. The number of imidazole rings is 1. The van der Waals surface area contributed by atoms with Crippen molar-refractivity contribution in [1.82, 2.24) is 30.5 Å². The molecule has 0 amide bonds. The van der Waals surface area contributed by atoms with Crippen molar-refractivity contribution in [2.45, 2.75) is 33.1 Å². The molecule has 1 fully saturated rings. The van der Waals surface area contributed by atoms with Crippen molar-refractivity contribution in [2.24, 2.45) is 5.92 Å². The van der Waals surface area contributed by atoms with E-state index in [1.807, 2.05) is 43.6 Å². The van der Waals surface area contributed by atoms with Crippen LogP contribution >= 0.6 is 0 Å². The lowest BCUT2D eigenvalue weighted by Gasteiger charge is -2.23. The second kappa shape index (κ2) is 11.6. The zero-order valence-corrected chi connectivity index (χ0v) is 21.2. The molecule has 0 saturated carbocycles. The van der Waals surface area contributed by atoms with E-state index in [9.17, 15) is 0 Å². The quantitative estimate of drug-likeness (QED) is 0.342. The van der Waals surface area contributed by atoms with E-state index >= 15 is 0 Å². The number of aryl methyl sites for hydroxylation is 1. The molecule has 7 heteroatoms. The van der Waals surface area contributed by atoms with Gasteiger partial charge in [-0.1, -0.05) is 38.0 Å². The van der Waals surface area contributed by atoms with E-state index in [4.69, 9.17) is 0 Å². The molecule has 0 aliphatic carbocycles. The van der Waals surface area contributed by atoms with Crippen LogP contribution in [-0.4, -0.2) is 38.2 Å². The minimum atomic E-state index is 0.686. The van der Waals surface area contributed by atoms with Crippen LogP contribution in [-0.2, 0) is 0 Å². The van der Waals surface area contributed by atoms with Crippen LogP contribution in [0.25, 0.3) is 35.8 Å². The summed E-state index contributed by atoms with van der Waals surface area (Å²) in [5.74, 6) is 1.38. The highest BCUT2D eigenvalue weighted by Gasteiger charge is 2.14. The summed E-state index contributed by atoms with van der Waals surface area (Å²) in [6.07, 6.45) is 16.6. The summed E-state index contributed by atoms with van der Waals surface area (Å²) >= 11 is 0. The van der Waals surface area contributed by atoms with Crippen molar-refractivity contribution < 1.29 is 0 Å². The van der Waals surface area contributed by atoms with E-state index in [-0.39, 0.29) is 0 Å². The maximum Gasteiger partial charge on any atom is 0.159 e. The van der Waals surface area contributed by atoms with E-state index in [1.54, 1.807) is 6.08 Å². The highest BCUT2D eigenvalue weighted by Crippen LogP contribution is 2.23. The van der Waals surface area contributed by atoms with Gasteiger partial charge >= 0.3 is 0 Å². The number of hydrogen-bond acceptors (Lipinski definition) is 5. The molecule has 0 atom stereocenters. The van der Waals surface area contributed by atoms with Gasteiger partial charge in [-0.25, -0.2) is 4.98 Å². The lowest BCUT2D eigenvalue weighted by Crippen LogP contribution is -2.28. The summed E-state index contributed by atoms with van der Waals surface area (Å²) < 4.78 is 0. The van der Waals surface area contributed by atoms with Gasteiger partial charge in [0.15, 0.2) is 5.82 Å². The molecule has 4 rings (SSSR count). The molecule has 0 bridgehead atoms. The summed E-state index contributed by atoms with van der Waals surface area (Å²) in [5, 5.41) is 16.0. The average Bonchev–Trinajstić information content (AvgIpc) is 3.43. The monoisotopic (exact) mass is 481 g/mol. The fourth-order valence-electron chi connectivity index (χ4n) is 4.34. The molecular formula is C29H35N7. The SMILES string of the molecule is C=C/C=C\c1nc(-c2n[nH]/c(=C/C=C(\C)c3cncc(NC(=C)CC4CCNCC4)c3)c2=C)[nH]c1C. The molecule has 3 aromatic heterocycles. The van der Waals surface area contributed by atoms with Gasteiger partial charge in [-0.05, 0) is 81.5 Å². The second-order valence-electron chi connectivity index (χ2n) is 9.26. The number of piperidine rings is 1. The lowest BCUT2D eigenvalue weighted by atomic mass is 9.93. The molecule has 4 N–H and O–H groups in total. The van der Waals surface area contributed by atoms with E-state index < -0.39 is 0 Å². The normalized spacial score (nSPS) is 15.5. The summed E-state index contributed by atoms with van der Waals surface area (Å²) in [4.78, 5) is 12.4. The summed E-state index contributed by atoms with van der Waals surface area (Å²) in [6.45, 7) is 18.4. The first-order valence-electron chi connectivity index (χ1n) is 12.3. The van der Waals surface area contributed by atoms with E-state index in [1.165, 1.54) is 12.8 Å². The Bertz CT molecular complexity index is 1400. The Labute approximate surface area is 212 Å². The number of aromatic amines is 2. The van der Waals surface area contributed by atoms with Crippen LogP contribution < -0.4 is 21.2 Å². The Hall–Kier alpha value is -3.97. The first-order chi connectivity index (χ1) is 17.4. The van der Waals surface area contributed by atoms with Gasteiger partial charge in [0.2, 0.25) is 0 Å². The first-order valence-corrected chi connectivity index (χ1v) is 12.3. The number of nitrogens with one attached hydrogen (secondary N) is 4. The van der Waals surface area contributed by atoms with Crippen molar-refractivity contribution >= 4 is 30.0 Å². The van der Waals surface area contributed by atoms with Crippen molar-refractivity contribution in [3.05, 3.63) is 83.1 Å². The number of pyridine rings is 1. The third kappa shape index (κ3) is 6.17. The van der Waals surface area contributed by atoms with Crippen molar-refractivity contribution in [3.8, 4) is 11.5 Å². The number of nitrogens with zero attached hydrogens (tertiary/aromatic N) is 3. The number of allylic oxidation sites excluding steroid dienone is 5. The topological polar surface area (TPSA) is 94.3 Å². The highest BCUT2D eigenvalue weighted by molar-refractivity contribution is 5.71. The Morgan fingerprint density at radius 1 is 1.25 bits per heavy atom. The highest BCUT2D eigenvalue weighted by atomic mass is 15.1. The van der Waals surface area contributed by atoms with Crippen LogP contribution in [0, 0.1) is 12.8 Å². The molecule has 36 heavy (non-hydrogen) atoms. The third-order valence-corrected chi connectivity index (χ3v) is 6.44. The number of hydrogen-bond donors (Lipinski definition) is 4.